The number of hydrogen-bond donors (Lipinski definition) is 1. The van der Waals surface area contributed by atoms with Crippen LogP contribution in [0.4, 0.5) is 4.39 Å². The Balaban J connectivity index is 1.82. The molecule has 0 aromatic heterocycles. The van der Waals surface area contributed by atoms with Gasteiger partial charge >= 0.3 is 0 Å². The van der Waals surface area contributed by atoms with Crippen molar-refractivity contribution >= 4 is 0 Å². The van der Waals surface area contributed by atoms with E-state index in [2.05, 4.69) is 12.2 Å². The number of rotatable bonds is 12. The molecule has 2 unspecified atom stereocenters. The molecule has 0 amide bonds. The zero-order valence-corrected chi connectivity index (χ0v) is 13.6. The van der Waals surface area contributed by atoms with E-state index in [1.807, 2.05) is 0 Å². The van der Waals surface area contributed by atoms with Crippen molar-refractivity contribution in [2.45, 2.75) is 96.6 Å². The van der Waals surface area contributed by atoms with Gasteiger partial charge in [-0.15, -0.1) is 0 Å². The third-order valence-corrected chi connectivity index (χ3v) is 4.68. The minimum absolute atomic E-state index is 0.294. The first-order valence-electron chi connectivity index (χ1n) is 9.19. The maximum absolute atomic E-state index is 14.0. The fourth-order valence-corrected chi connectivity index (χ4v) is 3.25. The van der Waals surface area contributed by atoms with E-state index in [-0.39, 0.29) is 0 Å². The zero-order chi connectivity index (χ0) is 14.5. The summed E-state index contributed by atoms with van der Waals surface area (Å²) in [5.41, 5.74) is 0. The molecule has 1 aliphatic heterocycles. The van der Waals surface area contributed by atoms with Crippen molar-refractivity contribution < 1.29 is 4.39 Å². The zero-order valence-electron chi connectivity index (χ0n) is 13.6. The van der Waals surface area contributed by atoms with Crippen molar-refractivity contribution in [1.82, 2.24) is 5.32 Å². The lowest BCUT2D eigenvalue weighted by molar-refractivity contribution is 0.177. The predicted molar refractivity (Wildman–Crippen MR) is 87.0 cm³/mol. The van der Waals surface area contributed by atoms with Crippen molar-refractivity contribution in [2.24, 2.45) is 5.92 Å². The first kappa shape index (κ1) is 17.9. The first-order valence-corrected chi connectivity index (χ1v) is 9.19. The normalized spacial score (nSPS) is 21.0. The molecule has 0 aromatic carbocycles. The molecule has 2 atom stereocenters. The Labute approximate surface area is 126 Å². The van der Waals surface area contributed by atoms with Crippen molar-refractivity contribution in [1.29, 1.82) is 0 Å². The van der Waals surface area contributed by atoms with Crippen LogP contribution in [0.25, 0.3) is 0 Å². The average Bonchev–Trinajstić information content (AvgIpc) is 2.50. The summed E-state index contributed by atoms with van der Waals surface area (Å²) in [6, 6.07) is 0. The summed E-state index contributed by atoms with van der Waals surface area (Å²) in [5.74, 6) is 0.294. The van der Waals surface area contributed by atoms with Crippen LogP contribution in [0.15, 0.2) is 0 Å². The van der Waals surface area contributed by atoms with E-state index in [0.717, 1.165) is 38.8 Å². The Bertz CT molecular complexity index is 202. The number of halogens is 1. The van der Waals surface area contributed by atoms with E-state index in [1.165, 1.54) is 57.8 Å². The predicted octanol–water partition coefficient (Wildman–Crippen LogP) is 5.64. The van der Waals surface area contributed by atoms with Crippen LogP contribution < -0.4 is 5.32 Å². The van der Waals surface area contributed by atoms with Gasteiger partial charge in [0.2, 0.25) is 0 Å². The minimum Gasteiger partial charge on any atom is -0.316 e. The van der Waals surface area contributed by atoms with Crippen LogP contribution in [0, 0.1) is 5.92 Å². The Morgan fingerprint density at radius 1 is 0.950 bits per heavy atom. The van der Waals surface area contributed by atoms with Gasteiger partial charge in [-0.2, -0.15) is 0 Å². The molecule has 0 aliphatic carbocycles. The minimum atomic E-state index is -0.558. The first-order chi connectivity index (χ1) is 9.84. The van der Waals surface area contributed by atoms with E-state index < -0.39 is 6.17 Å². The molecule has 2 heteroatoms. The highest BCUT2D eigenvalue weighted by molar-refractivity contribution is 4.75. The molecule has 1 heterocycles. The van der Waals surface area contributed by atoms with Gasteiger partial charge in [0, 0.05) is 12.5 Å². The third kappa shape index (κ3) is 8.94. The molecule has 0 saturated carbocycles. The van der Waals surface area contributed by atoms with Gasteiger partial charge in [-0.1, -0.05) is 71.1 Å². The molecule has 1 aliphatic rings. The highest BCUT2D eigenvalue weighted by Gasteiger charge is 2.22. The van der Waals surface area contributed by atoms with Crippen LogP contribution in [0.3, 0.4) is 0 Å². The second-order valence-electron chi connectivity index (χ2n) is 6.59. The summed E-state index contributed by atoms with van der Waals surface area (Å²) >= 11 is 0. The average molecular weight is 285 g/mol. The van der Waals surface area contributed by atoms with Gasteiger partial charge in [-0.05, 0) is 25.8 Å². The number of piperidine rings is 1. The van der Waals surface area contributed by atoms with Gasteiger partial charge in [0.15, 0.2) is 0 Å². The number of nitrogens with one attached hydrogen (secondary N) is 1. The van der Waals surface area contributed by atoms with Crippen LogP contribution >= 0.6 is 0 Å². The largest absolute Gasteiger partial charge is 0.316 e. The Kier molecular flexibility index (Phi) is 11.3. The van der Waals surface area contributed by atoms with Crippen LogP contribution in [0.5, 0.6) is 0 Å². The lowest BCUT2D eigenvalue weighted by atomic mass is 9.91. The van der Waals surface area contributed by atoms with Crippen LogP contribution in [0.2, 0.25) is 0 Å². The van der Waals surface area contributed by atoms with Crippen molar-refractivity contribution in [3.05, 3.63) is 0 Å². The molecule has 0 bridgehead atoms. The van der Waals surface area contributed by atoms with Gasteiger partial charge in [-0.3, -0.25) is 0 Å². The highest BCUT2D eigenvalue weighted by atomic mass is 19.1. The van der Waals surface area contributed by atoms with E-state index in [0.29, 0.717) is 5.92 Å². The molecule has 20 heavy (non-hydrogen) atoms. The number of alkyl halides is 1. The second-order valence-corrected chi connectivity index (χ2v) is 6.59. The molecule has 120 valence electrons. The van der Waals surface area contributed by atoms with Crippen LogP contribution in [0.1, 0.15) is 90.4 Å². The van der Waals surface area contributed by atoms with Crippen LogP contribution in [-0.2, 0) is 0 Å². The summed E-state index contributed by atoms with van der Waals surface area (Å²) in [5, 5.41) is 3.31. The lowest BCUT2D eigenvalue weighted by Crippen LogP contribution is -2.35. The second kappa shape index (κ2) is 12.6. The van der Waals surface area contributed by atoms with E-state index in [9.17, 15) is 4.39 Å². The molecule has 0 radical (unpaired) electrons. The van der Waals surface area contributed by atoms with Crippen molar-refractivity contribution in [2.75, 3.05) is 13.1 Å². The molecule has 1 fully saturated rings. The monoisotopic (exact) mass is 285 g/mol. The molecule has 1 nitrogen and oxygen atoms in total. The third-order valence-electron chi connectivity index (χ3n) is 4.68. The van der Waals surface area contributed by atoms with Gasteiger partial charge in [0.05, 0.1) is 0 Å². The molecule has 1 N–H and O–H groups in total. The van der Waals surface area contributed by atoms with Crippen molar-refractivity contribution in [3.63, 3.8) is 0 Å². The molecule has 1 rings (SSSR count). The highest BCUT2D eigenvalue weighted by Crippen LogP contribution is 2.22. The van der Waals surface area contributed by atoms with Gasteiger partial charge in [0.1, 0.15) is 6.17 Å². The van der Waals surface area contributed by atoms with E-state index in [4.69, 9.17) is 0 Å². The smallest absolute Gasteiger partial charge is 0.104 e. The summed E-state index contributed by atoms with van der Waals surface area (Å²) in [4.78, 5) is 0. The quantitative estimate of drug-likeness (QED) is 0.458. The fourth-order valence-electron chi connectivity index (χ4n) is 3.25. The molecule has 0 aromatic rings. The standard InChI is InChI=1S/C18H36FN/c1-2-3-4-5-6-7-8-9-10-11-14-18(19)17-13-12-15-20-16-17/h17-18,20H,2-16H2,1H3. The van der Waals surface area contributed by atoms with Crippen molar-refractivity contribution in [3.8, 4) is 0 Å². The molecular weight excluding hydrogens is 249 g/mol. The Morgan fingerprint density at radius 3 is 2.10 bits per heavy atom. The molecule has 1 saturated heterocycles. The summed E-state index contributed by atoms with van der Waals surface area (Å²) < 4.78 is 14.0. The van der Waals surface area contributed by atoms with E-state index >= 15 is 0 Å². The van der Waals surface area contributed by atoms with Gasteiger partial charge < -0.3 is 5.32 Å². The Morgan fingerprint density at radius 2 is 1.55 bits per heavy atom. The summed E-state index contributed by atoms with van der Waals surface area (Å²) in [6.45, 7) is 4.25. The number of unbranched alkanes of at least 4 members (excludes halogenated alkanes) is 9. The lowest BCUT2D eigenvalue weighted by Gasteiger charge is -2.25. The molecule has 0 spiro atoms. The maximum Gasteiger partial charge on any atom is 0.104 e. The summed E-state index contributed by atoms with van der Waals surface area (Å²) in [7, 11) is 0. The van der Waals surface area contributed by atoms with Gasteiger partial charge in [-0.25, -0.2) is 4.39 Å². The fraction of sp³-hybridized carbons (Fsp3) is 1.00. The SMILES string of the molecule is CCCCCCCCCCCCC(F)C1CCCNC1. The topological polar surface area (TPSA) is 12.0 Å². The molecular formula is C18H36FN. The van der Waals surface area contributed by atoms with Gasteiger partial charge in [0.25, 0.3) is 0 Å². The van der Waals surface area contributed by atoms with E-state index in [1.54, 1.807) is 0 Å². The Hall–Kier alpha value is -0.110. The van der Waals surface area contributed by atoms with Crippen LogP contribution in [-0.4, -0.2) is 19.3 Å². The number of hydrogen-bond acceptors (Lipinski definition) is 1. The maximum atomic E-state index is 14.0. The summed E-state index contributed by atoms with van der Waals surface area (Å²) in [6.07, 6.45) is 15.8.